The Morgan fingerprint density at radius 3 is 2.21 bits per heavy atom. The molecule has 0 fully saturated rings. The lowest BCUT2D eigenvalue weighted by molar-refractivity contribution is -0.120. The predicted molar refractivity (Wildman–Crippen MR) is 118 cm³/mol. The highest BCUT2D eigenvalue weighted by molar-refractivity contribution is 8.00. The predicted octanol–water partition coefficient (Wildman–Crippen LogP) is 4.90. The van der Waals surface area contributed by atoms with Gasteiger partial charge in [0.2, 0.25) is 5.91 Å². The van der Waals surface area contributed by atoms with E-state index >= 15 is 0 Å². The van der Waals surface area contributed by atoms with Crippen LogP contribution in [-0.4, -0.2) is 26.7 Å². The van der Waals surface area contributed by atoms with Crippen molar-refractivity contribution in [3.63, 3.8) is 0 Å². The SMILES string of the molecule is COc1ccc(CCNC(=O)C(Sc2ccccc2)c2ccccc2)cc1OC. The van der Waals surface area contributed by atoms with Crippen LogP contribution in [0.25, 0.3) is 0 Å². The Bertz CT molecular complexity index is 916. The van der Waals surface area contributed by atoms with Gasteiger partial charge in [0.15, 0.2) is 11.5 Å². The molecule has 0 bridgehead atoms. The molecule has 0 saturated heterocycles. The lowest BCUT2D eigenvalue weighted by atomic mass is 10.1. The first kappa shape index (κ1) is 20.8. The van der Waals surface area contributed by atoms with E-state index in [9.17, 15) is 4.79 Å². The Kier molecular flexibility index (Phi) is 7.59. The van der Waals surface area contributed by atoms with E-state index in [-0.39, 0.29) is 11.2 Å². The molecule has 0 radical (unpaired) electrons. The normalized spacial score (nSPS) is 11.5. The van der Waals surface area contributed by atoms with Crippen LogP contribution in [-0.2, 0) is 11.2 Å². The minimum Gasteiger partial charge on any atom is -0.493 e. The summed E-state index contributed by atoms with van der Waals surface area (Å²) in [5.74, 6) is 1.40. The zero-order chi connectivity index (χ0) is 20.5. The molecule has 29 heavy (non-hydrogen) atoms. The summed E-state index contributed by atoms with van der Waals surface area (Å²) in [7, 11) is 3.24. The van der Waals surface area contributed by atoms with Crippen LogP contribution < -0.4 is 14.8 Å². The van der Waals surface area contributed by atoms with Crippen LogP contribution in [0.5, 0.6) is 11.5 Å². The van der Waals surface area contributed by atoms with Crippen LogP contribution in [0.3, 0.4) is 0 Å². The highest BCUT2D eigenvalue weighted by Crippen LogP contribution is 2.35. The molecule has 3 rings (SSSR count). The Morgan fingerprint density at radius 2 is 1.55 bits per heavy atom. The third kappa shape index (κ3) is 5.78. The molecule has 0 spiro atoms. The first-order chi connectivity index (χ1) is 14.2. The number of amides is 1. The minimum absolute atomic E-state index is 0.00512. The highest BCUT2D eigenvalue weighted by atomic mass is 32.2. The van der Waals surface area contributed by atoms with Crippen molar-refractivity contribution in [2.24, 2.45) is 0 Å². The maximum atomic E-state index is 13.0. The fourth-order valence-electron chi connectivity index (χ4n) is 2.99. The minimum atomic E-state index is -0.302. The maximum Gasteiger partial charge on any atom is 0.238 e. The van der Waals surface area contributed by atoms with Crippen molar-refractivity contribution < 1.29 is 14.3 Å². The average molecular weight is 408 g/mol. The summed E-state index contributed by atoms with van der Waals surface area (Å²) in [4.78, 5) is 14.1. The van der Waals surface area contributed by atoms with Crippen LogP contribution >= 0.6 is 11.8 Å². The first-order valence-corrected chi connectivity index (χ1v) is 10.3. The maximum absolute atomic E-state index is 13.0. The van der Waals surface area contributed by atoms with Crippen LogP contribution in [0.4, 0.5) is 0 Å². The summed E-state index contributed by atoms with van der Waals surface area (Å²) in [6, 6.07) is 25.7. The summed E-state index contributed by atoms with van der Waals surface area (Å²) in [6.07, 6.45) is 0.712. The van der Waals surface area contributed by atoms with Crippen LogP contribution in [0, 0.1) is 0 Å². The second-order valence-corrected chi connectivity index (χ2v) is 7.63. The van der Waals surface area contributed by atoms with Crippen molar-refractivity contribution in [2.75, 3.05) is 20.8 Å². The summed E-state index contributed by atoms with van der Waals surface area (Å²) >= 11 is 1.56. The zero-order valence-electron chi connectivity index (χ0n) is 16.6. The van der Waals surface area contributed by atoms with Crippen LogP contribution in [0.15, 0.2) is 83.8 Å². The molecular formula is C24H25NO3S. The van der Waals surface area contributed by atoms with E-state index in [1.54, 1.807) is 26.0 Å². The average Bonchev–Trinajstić information content (AvgIpc) is 2.78. The van der Waals surface area contributed by atoms with Gasteiger partial charge in [-0.2, -0.15) is 0 Å². The summed E-state index contributed by atoms with van der Waals surface area (Å²) in [5, 5.41) is 2.78. The zero-order valence-corrected chi connectivity index (χ0v) is 17.4. The van der Waals surface area contributed by atoms with Crippen molar-refractivity contribution in [2.45, 2.75) is 16.6 Å². The van der Waals surface area contributed by atoms with Gasteiger partial charge in [-0.25, -0.2) is 0 Å². The number of methoxy groups -OCH3 is 2. The monoisotopic (exact) mass is 407 g/mol. The molecule has 3 aromatic carbocycles. The third-order valence-electron chi connectivity index (χ3n) is 4.50. The molecular weight excluding hydrogens is 382 g/mol. The topological polar surface area (TPSA) is 47.6 Å². The second-order valence-electron chi connectivity index (χ2n) is 6.45. The fraction of sp³-hybridized carbons (Fsp3) is 0.208. The Hall–Kier alpha value is -2.92. The van der Waals surface area contributed by atoms with Gasteiger partial charge in [0, 0.05) is 11.4 Å². The number of carbonyl (C=O) groups is 1. The first-order valence-electron chi connectivity index (χ1n) is 9.46. The van der Waals surface area contributed by atoms with Crippen molar-refractivity contribution in [1.82, 2.24) is 5.32 Å². The van der Waals surface area contributed by atoms with Gasteiger partial charge in [-0.15, -0.1) is 11.8 Å². The van der Waals surface area contributed by atoms with Gasteiger partial charge in [-0.1, -0.05) is 54.6 Å². The smallest absolute Gasteiger partial charge is 0.238 e. The van der Waals surface area contributed by atoms with Crippen LogP contribution in [0.2, 0.25) is 0 Å². The Labute approximate surface area is 176 Å². The molecule has 150 valence electrons. The van der Waals surface area contributed by atoms with E-state index in [4.69, 9.17) is 9.47 Å². The molecule has 3 aromatic rings. The van der Waals surface area contributed by atoms with Gasteiger partial charge in [-0.05, 0) is 41.8 Å². The standard InChI is InChI=1S/C24H25NO3S/c1-27-21-14-13-18(17-22(21)28-2)15-16-25-24(26)23(19-9-5-3-6-10-19)29-20-11-7-4-8-12-20/h3-14,17,23H,15-16H2,1-2H3,(H,25,26). The molecule has 1 amide bonds. The molecule has 0 saturated carbocycles. The molecule has 0 aliphatic carbocycles. The van der Waals surface area contributed by atoms with E-state index in [1.807, 2.05) is 78.9 Å². The molecule has 0 heterocycles. The molecule has 1 atom stereocenters. The van der Waals surface area contributed by atoms with Gasteiger partial charge in [0.05, 0.1) is 14.2 Å². The lowest BCUT2D eigenvalue weighted by Gasteiger charge is -2.17. The van der Waals surface area contributed by atoms with Gasteiger partial charge >= 0.3 is 0 Å². The van der Waals surface area contributed by atoms with Gasteiger partial charge in [0.1, 0.15) is 5.25 Å². The van der Waals surface area contributed by atoms with Crippen LogP contribution in [0.1, 0.15) is 16.4 Å². The number of hydrogen-bond acceptors (Lipinski definition) is 4. The largest absolute Gasteiger partial charge is 0.493 e. The number of benzene rings is 3. The number of nitrogens with one attached hydrogen (secondary N) is 1. The quantitative estimate of drug-likeness (QED) is 0.513. The molecule has 0 aromatic heterocycles. The van der Waals surface area contributed by atoms with Crippen molar-refractivity contribution in [3.05, 3.63) is 90.0 Å². The Balaban J connectivity index is 1.65. The summed E-state index contributed by atoms with van der Waals surface area (Å²) in [6.45, 7) is 0.549. The number of rotatable bonds is 9. The van der Waals surface area contributed by atoms with Gasteiger partial charge in [0.25, 0.3) is 0 Å². The van der Waals surface area contributed by atoms with Crippen molar-refractivity contribution >= 4 is 17.7 Å². The fourth-order valence-corrected chi connectivity index (χ4v) is 4.06. The molecule has 0 aliphatic rings. The molecule has 5 heteroatoms. The third-order valence-corrected chi connectivity index (χ3v) is 5.76. The summed E-state index contributed by atoms with van der Waals surface area (Å²) < 4.78 is 10.6. The number of thioether (sulfide) groups is 1. The summed E-state index contributed by atoms with van der Waals surface area (Å²) in [5.41, 5.74) is 2.07. The van der Waals surface area contributed by atoms with Crippen molar-refractivity contribution in [1.29, 1.82) is 0 Å². The van der Waals surface area contributed by atoms with E-state index < -0.39 is 0 Å². The van der Waals surface area contributed by atoms with E-state index in [0.29, 0.717) is 24.5 Å². The van der Waals surface area contributed by atoms with Gasteiger partial charge < -0.3 is 14.8 Å². The van der Waals surface area contributed by atoms with E-state index in [2.05, 4.69) is 5.32 Å². The van der Waals surface area contributed by atoms with E-state index in [1.165, 1.54) is 0 Å². The number of carbonyl (C=O) groups excluding carboxylic acids is 1. The Morgan fingerprint density at radius 1 is 0.897 bits per heavy atom. The lowest BCUT2D eigenvalue weighted by Crippen LogP contribution is -2.29. The number of ether oxygens (including phenoxy) is 2. The highest BCUT2D eigenvalue weighted by Gasteiger charge is 2.21. The number of hydrogen-bond donors (Lipinski definition) is 1. The molecule has 1 N–H and O–H groups in total. The molecule has 0 aliphatic heterocycles. The second kappa shape index (κ2) is 10.6. The van der Waals surface area contributed by atoms with Gasteiger partial charge in [-0.3, -0.25) is 4.79 Å². The van der Waals surface area contributed by atoms with E-state index in [0.717, 1.165) is 16.0 Å². The molecule has 1 unspecified atom stereocenters. The molecule has 4 nitrogen and oxygen atoms in total. The van der Waals surface area contributed by atoms with Crippen molar-refractivity contribution in [3.8, 4) is 11.5 Å².